The number of hydrogen-bond acceptors (Lipinski definition) is 2. The van der Waals surface area contributed by atoms with Gasteiger partial charge in [-0.25, -0.2) is 0 Å². The van der Waals surface area contributed by atoms with E-state index in [9.17, 15) is 4.79 Å². The van der Waals surface area contributed by atoms with Crippen molar-refractivity contribution in [2.24, 2.45) is 0 Å². The third kappa shape index (κ3) is 3.74. The molecule has 0 saturated carbocycles. The van der Waals surface area contributed by atoms with Crippen molar-refractivity contribution in [2.75, 3.05) is 5.32 Å². The molecule has 6 heteroatoms. The number of anilines is 1. The van der Waals surface area contributed by atoms with E-state index in [-0.39, 0.29) is 11.9 Å². The quantitative estimate of drug-likeness (QED) is 0.686. The second-order valence-corrected chi connectivity index (χ2v) is 7.17. The van der Waals surface area contributed by atoms with Crippen LogP contribution in [0.15, 0.2) is 53.7 Å². The highest BCUT2D eigenvalue weighted by molar-refractivity contribution is 7.80. The summed E-state index contributed by atoms with van der Waals surface area (Å²) in [6.07, 6.45) is 0. The minimum atomic E-state index is -0.368. The van der Waals surface area contributed by atoms with Crippen molar-refractivity contribution in [3.8, 4) is 0 Å². The molecule has 3 rings (SSSR count). The number of thiocarbonyl (C=S) groups is 1. The molecule has 3 N–H and O–H groups in total. The predicted molar refractivity (Wildman–Crippen MR) is 110 cm³/mol. The lowest BCUT2D eigenvalue weighted by molar-refractivity contribution is -0.113. The second kappa shape index (κ2) is 7.48. The molecule has 4 nitrogen and oxygen atoms in total. The Hall–Kier alpha value is -2.37. The van der Waals surface area contributed by atoms with Crippen LogP contribution in [0.25, 0.3) is 0 Å². The number of allylic oxidation sites excluding steroid dienone is 1. The van der Waals surface area contributed by atoms with E-state index in [2.05, 4.69) is 16.0 Å². The summed E-state index contributed by atoms with van der Waals surface area (Å²) in [4.78, 5) is 13.1. The SMILES string of the molecule is CC1=C(C(=O)Nc2cccc(C)c2C)[C@@H](c2cccc(Cl)c2)NC(=S)N1. The first kappa shape index (κ1) is 18.4. The molecule has 1 aliphatic rings. The number of amides is 1. The van der Waals surface area contributed by atoms with Gasteiger partial charge in [-0.05, 0) is 67.9 Å². The van der Waals surface area contributed by atoms with Crippen LogP contribution in [-0.2, 0) is 4.79 Å². The summed E-state index contributed by atoms with van der Waals surface area (Å²) >= 11 is 11.4. The molecule has 0 radical (unpaired) electrons. The van der Waals surface area contributed by atoms with E-state index >= 15 is 0 Å². The number of hydrogen-bond donors (Lipinski definition) is 3. The molecule has 1 atom stereocenters. The molecule has 0 bridgehead atoms. The first-order valence-electron chi connectivity index (χ1n) is 8.28. The molecule has 2 aromatic rings. The molecule has 0 spiro atoms. The maximum Gasteiger partial charge on any atom is 0.255 e. The van der Waals surface area contributed by atoms with Gasteiger partial charge in [-0.3, -0.25) is 4.79 Å². The lowest BCUT2D eigenvalue weighted by Crippen LogP contribution is -2.45. The van der Waals surface area contributed by atoms with Crippen molar-refractivity contribution in [3.05, 3.63) is 75.4 Å². The van der Waals surface area contributed by atoms with Crippen LogP contribution in [0.5, 0.6) is 0 Å². The maximum atomic E-state index is 13.1. The van der Waals surface area contributed by atoms with Crippen LogP contribution in [0.1, 0.15) is 29.7 Å². The minimum absolute atomic E-state index is 0.177. The number of carbonyl (C=O) groups is 1. The van der Waals surface area contributed by atoms with Gasteiger partial charge < -0.3 is 16.0 Å². The maximum absolute atomic E-state index is 13.1. The summed E-state index contributed by atoms with van der Waals surface area (Å²) in [5, 5.41) is 10.3. The smallest absolute Gasteiger partial charge is 0.255 e. The van der Waals surface area contributed by atoms with E-state index in [1.165, 1.54) is 0 Å². The Morgan fingerprint density at radius 3 is 2.62 bits per heavy atom. The summed E-state index contributed by atoms with van der Waals surface area (Å²) in [5.74, 6) is -0.177. The van der Waals surface area contributed by atoms with E-state index in [1.807, 2.05) is 57.2 Å². The highest BCUT2D eigenvalue weighted by Crippen LogP contribution is 2.30. The molecule has 1 aliphatic heterocycles. The standard InChI is InChI=1S/C20H20ClN3OS/c1-11-6-4-9-16(12(11)2)23-19(25)17-13(3)22-20(26)24-18(17)14-7-5-8-15(21)10-14/h4-10,18H,1-3H3,(H,23,25)(H2,22,24,26)/t18-/m1/s1. The summed E-state index contributed by atoms with van der Waals surface area (Å²) in [6, 6.07) is 12.9. The minimum Gasteiger partial charge on any atom is -0.351 e. The van der Waals surface area contributed by atoms with Gasteiger partial charge in [-0.15, -0.1) is 0 Å². The fraction of sp³-hybridized carbons (Fsp3) is 0.200. The topological polar surface area (TPSA) is 53.2 Å². The summed E-state index contributed by atoms with van der Waals surface area (Å²) in [6.45, 7) is 5.86. The Balaban J connectivity index is 1.98. The molecule has 26 heavy (non-hydrogen) atoms. The van der Waals surface area contributed by atoms with Crippen molar-refractivity contribution < 1.29 is 4.79 Å². The predicted octanol–water partition coefficient (Wildman–Crippen LogP) is 4.39. The highest BCUT2D eigenvalue weighted by Gasteiger charge is 2.30. The third-order valence-corrected chi connectivity index (χ3v) is 5.00. The van der Waals surface area contributed by atoms with Gasteiger partial charge in [-0.2, -0.15) is 0 Å². The van der Waals surface area contributed by atoms with E-state index in [4.69, 9.17) is 23.8 Å². The van der Waals surface area contributed by atoms with Gasteiger partial charge in [0.1, 0.15) is 0 Å². The molecule has 0 unspecified atom stereocenters. The molecule has 0 aromatic heterocycles. The van der Waals surface area contributed by atoms with Crippen LogP contribution < -0.4 is 16.0 Å². The fourth-order valence-corrected chi connectivity index (χ4v) is 3.48. The van der Waals surface area contributed by atoms with E-state index in [0.29, 0.717) is 15.7 Å². The largest absolute Gasteiger partial charge is 0.351 e. The van der Waals surface area contributed by atoms with E-state index < -0.39 is 0 Å². The first-order valence-corrected chi connectivity index (χ1v) is 9.06. The van der Waals surface area contributed by atoms with Crippen LogP contribution in [0.3, 0.4) is 0 Å². The van der Waals surface area contributed by atoms with Crippen LogP contribution in [0, 0.1) is 13.8 Å². The van der Waals surface area contributed by atoms with Crippen LogP contribution in [0.4, 0.5) is 5.69 Å². The number of benzene rings is 2. The monoisotopic (exact) mass is 385 g/mol. The molecule has 2 aromatic carbocycles. The van der Waals surface area contributed by atoms with Crippen molar-refractivity contribution in [3.63, 3.8) is 0 Å². The zero-order valence-electron chi connectivity index (χ0n) is 14.8. The Bertz CT molecular complexity index is 923. The Kier molecular flexibility index (Phi) is 5.30. The second-order valence-electron chi connectivity index (χ2n) is 6.33. The van der Waals surface area contributed by atoms with Crippen molar-refractivity contribution >= 4 is 40.5 Å². The molecule has 0 saturated heterocycles. The van der Waals surface area contributed by atoms with Crippen LogP contribution in [-0.4, -0.2) is 11.0 Å². The van der Waals surface area contributed by atoms with Crippen LogP contribution >= 0.6 is 23.8 Å². The number of halogens is 1. The van der Waals surface area contributed by atoms with Crippen LogP contribution in [0.2, 0.25) is 5.02 Å². The van der Waals surface area contributed by atoms with Gasteiger partial charge in [0.15, 0.2) is 5.11 Å². The molecule has 1 heterocycles. The molecular weight excluding hydrogens is 366 g/mol. The summed E-state index contributed by atoms with van der Waals surface area (Å²) < 4.78 is 0. The first-order chi connectivity index (χ1) is 12.4. The van der Waals surface area contributed by atoms with Crippen molar-refractivity contribution in [1.29, 1.82) is 0 Å². The normalized spacial score (nSPS) is 16.8. The van der Waals surface area contributed by atoms with Crippen molar-refractivity contribution in [1.82, 2.24) is 10.6 Å². The zero-order valence-corrected chi connectivity index (χ0v) is 16.4. The Labute approximate surface area is 163 Å². The van der Waals surface area contributed by atoms with E-state index in [1.54, 1.807) is 6.07 Å². The number of rotatable bonds is 3. The van der Waals surface area contributed by atoms with Gasteiger partial charge in [0.25, 0.3) is 5.91 Å². The molecule has 0 fully saturated rings. The number of carbonyl (C=O) groups excluding carboxylic acids is 1. The lowest BCUT2D eigenvalue weighted by Gasteiger charge is -2.30. The Morgan fingerprint density at radius 1 is 1.15 bits per heavy atom. The van der Waals surface area contributed by atoms with Gasteiger partial charge in [0.2, 0.25) is 0 Å². The molecular formula is C20H20ClN3OS. The van der Waals surface area contributed by atoms with Gasteiger partial charge >= 0.3 is 0 Å². The lowest BCUT2D eigenvalue weighted by atomic mass is 9.94. The highest BCUT2D eigenvalue weighted by atomic mass is 35.5. The fourth-order valence-electron chi connectivity index (χ4n) is 3.01. The molecule has 0 aliphatic carbocycles. The van der Waals surface area contributed by atoms with Gasteiger partial charge in [0.05, 0.1) is 11.6 Å². The summed E-state index contributed by atoms with van der Waals surface area (Å²) in [7, 11) is 0. The number of aryl methyl sites for hydroxylation is 1. The van der Waals surface area contributed by atoms with E-state index in [0.717, 1.165) is 28.1 Å². The summed E-state index contributed by atoms with van der Waals surface area (Å²) in [5.41, 5.74) is 5.16. The van der Waals surface area contributed by atoms with Crippen molar-refractivity contribution in [2.45, 2.75) is 26.8 Å². The zero-order chi connectivity index (χ0) is 18.8. The average Bonchev–Trinajstić information content (AvgIpc) is 2.58. The van der Waals surface area contributed by atoms with Gasteiger partial charge in [0, 0.05) is 16.4 Å². The molecule has 134 valence electrons. The number of nitrogens with one attached hydrogen (secondary N) is 3. The average molecular weight is 386 g/mol. The molecule has 1 amide bonds. The third-order valence-electron chi connectivity index (χ3n) is 4.55. The van der Waals surface area contributed by atoms with Gasteiger partial charge in [-0.1, -0.05) is 35.9 Å². The Morgan fingerprint density at radius 2 is 1.88 bits per heavy atom.